The molecular formula is C20H29OPSi. The molecule has 0 aromatic heterocycles. The van der Waals surface area contributed by atoms with Crippen molar-refractivity contribution >= 4 is 21.5 Å². The summed E-state index contributed by atoms with van der Waals surface area (Å²) in [7, 11) is -1.89. The zero-order chi connectivity index (χ0) is 17.3. The molecule has 124 valence electrons. The zero-order valence-electron chi connectivity index (χ0n) is 15.5. The topological polar surface area (TPSA) is 9.23 Å². The molecule has 2 aromatic carbocycles. The van der Waals surface area contributed by atoms with Gasteiger partial charge in [-0.1, -0.05) is 71.2 Å². The summed E-state index contributed by atoms with van der Waals surface area (Å²) >= 11 is 0. The molecule has 0 saturated carbocycles. The Labute approximate surface area is 144 Å². The Hall–Kier alpha value is -1.11. The molecule has 0 aliphatic heterocycles. The number of benzene rings is 2. The van der Waals surface area contributed by atoms with E-state index in [0.29, 0.717) is 5.16 Å². The molecule has 0 aliphatic rings. The van der Waals surface area contributed by atoms with Gasteiger partial charge in [0.25, 0.3) is 0 Å². The normalized spacial score (nSPS) is 13.7. The van der Waals surface area contributed by atoms with Gasteiger partial charge >= 0.3 is 0 Å². The van der Waals surface area contributed by atoms with Crippen LogP contribution in [0.15, 0.2) is 48.5 Å². The van der Waals surface area contributed by atoms with E-state index in [0.717, 1.165) is 5.75 Å². The van der Waals surface area contributed by atoms with Gasteiger partial charge in [-0.15, -0.1) is 0 Å². The fourth-order valence-electron chi connectivity index (χ4n) is 2.46. The maximum absolute atomic E-state index is 6.35. The minimum atomic E-state index is -1.64. The van der Waals surface area contributed by atoms with Gasteiger partial charge in [0, 0.05) is 5.56 Å². The van der Waals surface area contributed by atoms with Crippen LogP contribution in [0.5, 0.6) is 5.75 Å². The van der Waals surface area contributed by atoms with Gasteiger partial charge in [-0.05, 0) is 48.4 Å². The molecule has 2 rings (SSSR count). The van der Waals surface area contributed by atoms with E-state index in [1.807, 2.05) is 0 Å². The lowest BCUT2D eigenvalue weighted by Gasteiger charge is -2.30. The standard InChI is InChI=1S/C20H29OPSi/c1-20(2,3)22(4)19-15-11-9-13-17(19)16-12-8-10-14-18(16)21-23(5,6)7/h8-15H,1-7H3. The Bertz CT molecular complexity index is 668. The molecule has 1 atom stereocenters. The van der Waals surface area contributed by atoms with Crippen LogP contribution in [0.3, 0.4) is 0 Å². The van der Waals surface area contributed by atoms with Gasteiger partial charge in [0.1, 0.15) is 5.75 Å². The average Bonchev–Trinajstić information content (AvgIpc) is 2.44. The minimum absolute atomic E-state index is 0.251. The van der Waals surface area contributed by atoms with Gasteiger partial charge in [0.15, 0.2) is 0 Å². The summed E-state index contributed by atoms with van der Waals surface area (Å²) in [5.74, 6) is 1.02. The molecule has 3 heteroatoms. The molecule has 2 aromatic rings. The van der Waals surface area contributed by atoms with E-state index in [9.17, 15) is 0 Å². The van der Waals surface area contributed by atoms with Crippen molar-refractivity contribution in [2.24, 2.45) is 0 Å². The summed E-state index contributed by atoms with van der Waals surface area (Å²) in [6.07, 6.45) is 0. The number of hydrogen-bond acceptors (Lipinski definition) is 1. The molecule has 1 nitrogen and oxygen atoms in total. The fourth-order valence-corrected chi connectivity index (χ4v) is 4.89. The van der Waals surface area contributed by atoms with Crippen molar-refractivity contribution in [2.45, 2.75) is 45.6 Å². The van der Waals surface area contributed by atoms with Crippen molar-refractivity contribution in [2.75, 3.05) is 6.66 Å². The van der Waals surface area contributed by atoms with Crippen LogP contribution in [0.1, 0.15) is 20.8 Å². The van der Waals surface area contributed by atoms with Crippen LogP contribution in [-0.4, -0.2) is 20.1 Å². The first-order valence-corrected chi connectivity index (χ1v) is 13.4. The Morgan fingerprint density at radius 3 is 1.91 bits per heavy atom. The number of para-hydroxylation sites is 1. The highest BCUT2D eigenvalue weighted by Crippen LogP contribution is 2.47. The maximum atomic E-state index is 6.35. The summed E-state index contributed by atoms with van der Waals surface area (Å²) < 4.78 is 6.35. The molecule has 0 heterocycles. The lowest BCUT2D eigenvalue weighted by Crippen LogP contribution is -2.29. The highest BCUT2D eigenvalue weighted by Gasteiger charge is 2.25. The summed E-state index contributed by atoms with van der Waals surface area (Å²) in [6.45, 7) is 16.1. The van der Waals surface area contributed by atoms with Crippen LogP contribution in [0.4, 0.5) is 0 Å². The van der Waals surface area contributed by atoms with E-state index in [1.54, 1.807) is 0 Å². The van der Waals surface area contributed by atoms with Gasteiger partial charge < -0.3 is 4.43 Å². The third-order valence-electron chi connectivity index (χ3n) is 3.87. The number of rotatable bonds is 4. The smallest absolute Gasteiger partial charge is 0.242 e. The van der Waals surface area contributed by atoms with Crippen molar-refractivity contribution in [3.8, 4) is 16.9 Å². The van der Waals surface area contributed by atoms with Crippen LogP contribution in [0.2, 0.25) is 19.6 Å². The van der Waals surface area contributed by atoms with Crippen molar-refractivity contribution in [3.63, 3.8) is 0 Å². The van der Waals surface area contributed by atoms with Crippen LogP contribution < -0.4 is 9.73 Å². The predicted octanol–water partition coefficient (Wildman–Crippen LogP) is 6.10. The van der Waals surface area contributed by atoms with Crippen molar-refractivity contribution in [1.29, 1.82) is 0 Å². The molecule has 0 amide bonds. The second-order valence-electron chi connectivity index (χ2n) is 7.96. The average molecular weight is 345 g/mol. The SMILES string of the molecule is CP(c1ccccc1-c1ccccc1O[Si](C)(C)C)C(C)(C)C. The Morgan fingerprint density at radius 1 is 0.826 bits per heavy atom. The first kappa shape index (κ1) is 18.2. The predicted molar refractivity (Wildman–Crippen MR) is 108 cm³/mol. The van der Waals surface area contributed by atoms with Crippen LogP contribution in [0.25, 0.3) is 11.1 Å². The summed E-state index contributed by atoms with van der Waals surface area (Å²) in [4.78, 5) is 0. The second-order valence-corrected chi connectivity index (χ2v) is 15.3. The third kappa shape index (κ3) is 4.68. The van der Waals surface area contributed by atoms with E-state index < -0.39 is 8.32 Å². The molecular weight excluding hydrogens is 315 g/mol. The summed E-state index contributed by atoms with van der Waals surface area (Å²) in [5, 5.41) is 1.75. The Kier molecular flexibility index (Phi) is 5.38. The number of hydrogen-bond donors (Lipinski definition) is 0. The van der Waals surface area contributed by atoms with E-state index in [-0.39, 0.29) is 7.92 Å². The minimum Gasteiger partial charge on any atom is -0.544 e. The highest BCUT2D eigenvalue weighted by molar-refractivity contribution is 7.66. The molecule has 1 unspecified atom stereocenters. The van der Waals surface area contributed by atoms with Crippen LogP contribution in [0, 0.1) is 0 Å². The Morgan fingerprint density at radius 2 is 1.35 bits per heavy atom. The van der Waals surface area contributed by atoms with Gasteiger partial charge in [-0.2, -0.15) is 0 Å². The molecule has 0 aliphatic carbocycles. The third-order valence-corrected chi connectivity index (χ3v) is 7.82. The van der Waals surface area contributed by atoms with Gasteiger partial charge in [-0.25, -0.2) is 0 Å². The molecule has 0 bridgehead atoms. The lowest BCUT2D eigenvalue weighted by molar-refractivity contribution is 0.560. The van der Waals surface area contributed by atoms with E-state index in [1.165, 1.54) is 16.4 Å². The molecule has 0 fully saturated rings. The van der Waals surface area contributed by atoms with Crippen LogP contribution >= 0.6 is 7.92 Å². The summed E-state index contributed by atoms with van der Waals surface area (Å²) in [5.41, 5.74) is 2.55. The monoisotopic (exact) mass is 344 g/mol. The second kappa shape index (κ2) is 6.79. The maximum Gasteiger partial charge on any atom is 0.242 e. The highest BCUT2D eigenvalue weighted by atomic mass is 31.1. The van der Waals surface area contributed by atoms with E-state index in [4.69, 9.17) is 4.43 Å². The van der Waals surface area contributed by atoms with Gasteiger partial charge in [0.2, 0.25) is 8.32 Å². The lowest BCUT2D eigenvalue weighted by atomic mass is 10.0. The summed E-state index contributed by atoms with van der Waals surface area (Å²) in [6, 6.07) is 17.3. The van der Waals surface area contributed by atoms with Gasteiger partial charge in [0.05, 0.1) is 0 Å². The largest absolute Gasteiger partial charge is 0.544 e. The van der Waals surface area contributed by atoms with E-state index >= 15 is 0 Å². The molecule has 0 spiro atoms. The molecule has 0 N–H and O–H groups in total. The first-order valence-electron chi connectivity index (χ1n) is 8.21. The molecule has 0 radical (unpaired) electrons. The Balaban J connectivity index is 2.56. The van der Waals surface area contributed by atoms with Crippen molar-refractivity contribution < 1.29 is 4.43 Å². The van der Waals surface area contributed by atoms with Crippen LogP contribution in [-0.2, 0) is 0 Å². The fraction of sp³-hybridized carbons (Fsp3) is 0.400. The van der Waals surface area contributed by atoms with E-state index in [2.05, 4.69) is 95.6 Å². The quantitative estimate of drug-likeness (QED) is 0.481. The van der Waals surface area contributed by atoms with Crippen molar-refractivity contribution in [1.82, 2.24) is 0 Å². The van der Waals surface area contributed by atoms with Crippen molar-refractivity contribution in [3.05, 3.63) is 48.5 Å². The zero-order valence-corrected chi connectivity index (χ0v) is 17.4. The molecule has 23 heavy (non-hydrogen) atoms. The molecule has 0 saturated heterocycles. The van der Waals surface area contributed by atoms with Gasteiger partial charge in [-0.3, -0.25) is 0 Å². The first-order chi connectivity index (χ1) is 10.6.